The van der Waals surface area contributed by atoms with Crippen LogP contribution in [0.15, 0.2) is 17.3 Å². The van der Waals surface area contributed by atoms with E-state index >= 15 is 0 Å². The van der Waals surface area contributed by atoms with Crippen molar-refractivity contribution < 1.29 is 0 Å². The normalized spacial score (nSPS) is 30.6. The third-order valence-electron chi connectivity index (χ3n) is 3.39. The molecule has 3 unspecified atom stereocenters. The molecule has 90 valence electrons. The number of nitrogens with one attached hydrogen (secondary N) is 1. The lowest BCUT2D eigenvalue weighted by molar-refractivity contribution is 0.329. The zero-order valence-electron chi connectivity index (χ0n) is 10.3. The first-order valence-electron chi connectivity index (χ1n) is 6.01. The SMILES string of the molecule is CNC1CCC(C)CC1Sc1cnn(C)c1. The average Bonchev–Trinajstić information content (AvgIpc) is 2.64. The minimum absolute atomic E-state index is 0.654. The van der Waals surface area contributed by atoms with Gasteiger partial charge in [0.2, 0.25) is 0 Å². The second-order valence-corrected chi connectivity index (χ2v) is 6.13. The van der Waals surface area contributed by atoms with Crippen molar-refractivity contribution in [3.8, 4) is 0 Å². The molecule has 1 saturated carbocycles. The fourth-order valence-electron chi connectivity index (χ4n) is 2.42. The van der Waals surface area contributed by atoms with E-state index in [-0.39, 0.29) is 0 Å². The fraction of sp³-hybridized carbons (Fsp3) is 0.750. The molecule has 16 heavy (non-hydrogen) atoms. The number of nitrogens with zero attached hydrogens (tertiary/aromatic N) is 2. The van der Waals surface area contributed by atoms with Crippen LogP contribution in [0.2, 0.25) is 0 Å². The first-order valence-corrected chi connectivity index (χ1v) is 6.89. The van der Waals surface area contributed by atoms with Gasteiger partial charge >= 0.3 is 0 Å². The first kappa shape index (κ1) is 12.0. The summed E-state index contributed by atoms with van der Waals surface area (Å²) in [7, 11) is 4.06. The van der Waals surface area contributed by atoms with Crippen LogP contribution in [0.4, 0.5) is 0 Å². The number of aryl methyl sites for hydroxylation is 1. The summed E-state index contributed by atoms with van der Waals surface area (Å²) in [6, 6.07) is 0.654. The molecule has 0 amide bonds. The smallest absolute Gasteiger partial charge is 0.0625 e. The van der Waals surface area contributed by atoms with E-state index in [0.717, 1.165) is 5.92 Å². The van der Waals surface area contributed by atoms with Crippen LogP contribution in [0.5, 0.6) is 0 Å². The molecule has 3 atom stereocenters. The van der Waals surface area contributed by atoms with Crippen molar-refractivity contribution in [1.29, 1.82) is 0 Å². The van der Waals surface area contributed by atoms with Crippen LogP contribution in [0.1, 0.15) is 26.2 Å². The highest BCUT2D eigenvalue weighted by Crippen LogP contribution is 2.35. The molecule has 1 aromatic heterocycles. The Labute approximate surface area is 102 Å². The molecule has 0 saturated heterocycles. The maximum absolute atomic E-state index is 4.23. The summed E-state index contributed by atoms with van der Waals surface area (Å²) in [6.45, 7) is 2.36. The summed E-state index contributed by atoms with van der Waals surface area (Å²) < 4.78 is 1.88. The third-order valence-corrected chi connectivity index (χ3v) is 4.70. The third kappa shape index (κ3) is 2.80. The van der Waals surface area contributed by atoms with Gasteiger partial charge in [0, 0.05) is 29.4 Å². The van der Waals surface area contributed by atoms with E-state index in [9.17, 15) is 0 Å². The minimum atomic E-state index is 0.654. The molecule has 2 rings (SSSR count). The Morgan fingerprint density at radius 2 is 2.31 bits per heavy atom. The van der Waals surface area contributed by atoms with Gasteiger partial charge in [-0.1, -0.05) is 6.92 Å². The highest BCUT2D eigenvalue weighted by molar-refractivity contribution is 8.00. The predicted octanol–water partition coefficient (Wildman–Crippen LogP) is 2.29. The van der Waals surface area contributed by atoms with E-state index in [2.05, 4.69) is 30.6 Å². The van der Waals surface area contributed by atoms with E-state index in [1.54, 1.807) is 0 Å². The van der Waals surface area contributed by atoms with Crippen LogP contribution >= 0.6 is 11.8 Å². The lowest BCUT2D eigenvalue weighted by Crippen LogP contribution is -2.40. The Bertz CT molecular complexity index is 337. The van der Waals surface area contributed by atoms with Gasteiger partial charge in [0.25, 0.3) is 0 Å². The molecule has 1 aromatic rings. The van der Waals surface area contributed by atoms with Crippen molar-refractivity contribution in [2.45, 2.75) is 42.4 Å². The van der Waals surface area contributed by atoms with Crippen LogP contribution in [-0.2, 0) is 7.05 Å². The summed E-state index contributed by atoms with van der Waals surface area (Å²) >= 11 is 1.98. The van der Waals surface area contributed by atoms with Gasteiger partial charge in [0.15, 0.2) is 0 Å². The lowest BCUT2D eigenvalue weighted by Gasteiger charge is -2.34. The van der Waals surface area contributed by atoms with Crippen LogP contribution < -0.4 is 5.32 Å². The van der Waals surface area contributed by atoms with Gasteiger partial charge in [-0.2, -0.15) is 5.10 Å². The van der Waals surface area contributed by atoms with Gasteiger partial charge < -0.3 is 5.32 Å². The van der Waals surface area contributed by atoms with E-state index < -0.39 is 0 Å². The van der Waals surface area contributed by atoms with Crippen LogP contribution in [0, 0.1) is 5.92 Å². The van der Waals surface area contributed by atoms with Crippen molar-refractivity contribution in [2.75, 3.05) is 7.05 Å². The van der Waals surface area contributed by atoms with Gasteiger partial charge in [0.1, 0.15) is 0 Å². The molecular weight excluding hydrogens is 218 g/mol. The maximum atomic E-state index is 4.23. The van der Waals surface area contributed by atoms with Gasteiger partial charge in [-0.3, -0.25) is 4.68 Å². The van der Waals surface area contributed by atoms with Crippen molar-refractivity contribution in [3.63, 3.8) is 0 Å². The second kappa shape index (κ2) is 5.23. The maximum Gasteiger partial charge on any atom is 0.0625 e. The molecule has 0 aromatic carbocycles. The number of hydrogen-bond acceptors (Lipinski definition) is 3. The number of rotatable bonds is 3. The topological polar surface area (TPSA) is 29.9 Å². The summed E-state index contributed by atoms with van der Waals surface area (Å²) in [5.41, 5.74) is 0. The fourth-order valence-corrected chi connectivity index (χ4v) is 3.96. The predicted molar refractivity (Wildman–Crippen MR) is 68.7 cm³/mol. The summed E-state index contributed by atoms with van der Waals surface area (Å²) in [4.78, 5) is 1.29. The standard InChI is InChI=1S/C12H21N3S/c1-9-4-5-11(13-2)12(6-9)16-10-7-14-15(3)8-10/h7-9,11-13H,4-6H2,1-3H3. The molecule has 0 spiro atoms. The van der Waals surface area contributed by atoms with Gasteiger partial charge in [-0.25, -0.2) is 0 Å². The molecule has 0 bridgehead atoms. The van der Waals surface area contributed by atoms with E-state index in [0.29, 0.717) is 11.3 Å². The summed E-state index contributed by atoms with van der Waals surface area (Å²) in [6.07, 6.45) is 8.05. The molecule has 3 nitrogen and oxygen atoms in total. The highest BCUT2D eigenvalue weighted by atomic mass is 32.2. The van der Waals surface area contributed by atoms with E-state index in [4.69, 9.17) is 0 Å². The molecule has 0 aliphatic heterocycles. The molecule has 1 aliphatic rings. The number of aromatic nitrogens is 2. The van der Waals surface area contributed by atoms with E-state index in [1.807, 2.05) is 29.7 Å². The Morgan fingerprint density at radius 3 is 2.94 bits per heavy atom. The lowest BCUT2D eigenvalue weighted by atomic mass is 9.87. The number of thioether (sulfide) groups is 1. The minimum Gasteiger partial charge on any atom is -0.316 e. The largest absolute Gasteiger partial charge is 0.316 e. The monoisotopic (exact) mass is 239 g/mol. The molecule has 1 fully saturated rings. The first-order chi connectivity index (χ1) is 7.69. The zero-order chi connectivity index (χ0) is 11.5. The van der Waals surface area contributed by atoms with Gasteiger partial charge in [-0.15, -0.1) is 11.8 Å². The molecular formula is C12H21N3S. The second-order valence-electron chi connectivity index (χ2n) is 4.82. The van der Waals surface area contributed by atoms with Crippen LogP contribution in [-0.4, -0.2) is 28.1 Å². The Kier molecular flexibility index (Phi) is 3.92. The van der Waals surface area contributed by atoms with Crippen LogP contribution in [0.25, 0.3) is 0 Å². The van der Waals surface area contributed by atoms with Gasteiger partial charge in [-0.05, 0) is 32.2 Å². The average molecular weight is 239 g/mol. The van der Waals surface area contributed by atoms with Crippen molar-refractivity contribution in [3.05, 3.63) is 12.4 Å². The Balaban J connectivity index is 2.00. The molecule has 1 N–H and O–H groups in total. The molecule has 0 radical (unpaired) electrons. The molecule has 1 heterocycles. The zero-order valence-corrected chi connectivity index (χ0v) is 11.1. The Hall–Kier alpha value is -0.480. The van der Waals surface area contributed by atoms with Crippen molar-refractivity contribution in [1.82, 2.24) is 15.1 Å². The summed E-state index contributed by atoms with van der Waals surface area (Å²) in [5, 5.41) is 8.37. The number of hydrogen-bond donors (Lipinski definition) is 1. The highest BCUT2D eigenvalue weighted by Gasteiger charge is 2.28. The quantitative estimate of drug-likeness (QED) is 0.877. The van der Waals surface area contributed by atoms with Crippen molar-refractivity contribution >= 4 is 11.8 Å². The summed E-state index contributed by atoms with van der Waals surface area (Å²) in [5.74, 6) is 0.860. The molecule has 4 heteroatoms. The van der Waals surface area contributed by atoms with Crippen molar-refractivity contribution in [2.24, 2.45) is 13.0 Å². The Morgan fingerprint density at radius 1 is 1.50 bits per heavy atom. The van der Waals surface area contributed by atoms with E-state index in [1.165, 1.54) is 24.2 Å². The van der Waals surface area contributed by atoms with Crippen LogP contribution in [0.3, 0.4) is 0 Å². The molecule has 1 aliphatic carbocycles. The van der Waals surface area contributed by atoms with Gasteiger partial charge in [0.05, 0.1) is 6.20 Å².